The van der Waals surface area contributed by atoms with Gasteiger partial charge in [0.05, 0.1) is 0 Å². The predicted molar refractivity (Wildman–Crippen MR) is 55.4 cm³/mol. The number of aryl methyl sites for hydroxylation is 1. The van der Waals surface area contributed by atoms with Gasteiger partial charge in [0, 0.05) is 25.0 Å². The molecule has 0 aliphatic heterocycles. The van der Waals surface area contributed by atoms with Crippen LogP contribution in [0, 0.1) is 6.92 Å². The molecular formula is C9H14N4O2. The molecule has 15 heavy (non-hydrogen) atoms. The largest absolute Gasteiger partial charge is 0.387 e. The minimum absolute atomic E-state index is 0.387. The van der Waals surface area contributed by atoms with Crippen LogP contribution in [-0.4, -0.2) is 40.7 Å². The fourth-order valence-electron chi connectivity index (χ4n) is 0.966. The van der Waals surface area contributed by atoms with E-state index in [-0.39, 0.29) is 5.91 Å². The Hall–Kier alpha value is -1.69. The summed E-state index contributed by atoms with van der Waals surface area (Å²) in [4.78, 5) is 18.8. The van der Waals surface area contributed by atoms with Gasteiger partial charge in [0.1, 0.15) is 6.61 Å². The minimum atomic E-state index is -0.485. The van der Waals surface area contributed by atoms with E-state index in [2.05, 4.69) is 20.6 Å². The number of carbonyl (C=O) groups is 1. The van der Waals surface area contributed by atoms with Crippen molar-refractivity contribution in [2.75, 3.05) is 25.0 Å². The topological polar surface area (TPSA) is 87.1 Å². The zero-order chi connectivity index (χ0) is 11.1. The van der Waals surface area contributed by atoms with Crippen LogP contribution in [0.4, 0.5) is 5.95 Å². The number of aliphatic hydroxyl groups is 1. The first-order chi connectivity index (χ1) is 7.22. The average Bonchev–Trinajstić information content (AvgIpc) is 2.24. The molecule has 1 heterocycles. The molecule has 0 aliphatic rings. The van der Waals surface area contributed by atoms with Gasteiger partial charge in [0.2, 0.25) is 11.9 Å². The molecule has 82 valence electrons. The number of anilines is 1. The quantitative estimate of drug-likeness (QED) is 0.560. The zero-order valence-corrected chi connectivity index (χ0v) is 8.53. The number of hydrogen-bond acceptors (Lipinski definition) is 5. The smallest absolute Gasteiger partial charge is 0.245 e. The number of aromatic nitrogens is 2. The molecule has 1 aromatic rings. The summed E-state index contributed by atoms with van der Waals surface area (Å²) in [7, 11) is 0. The Balaban J connectivity index is 2.23. The van der Waals surface area contributed by atoms with Gasteiger partial charge < -0.3 is 15.7 Å². The van der Waals surface area contributed by atoms with Crippen molar-refractivity contribution in [1.29, 1.82) is 0 Å². The molecule has 0 saturated carbocycles. The van der Waals surface area contributed by atoms with E-state index in [1.807, 2.05) is 6.92 Å². The number of carbonyl (C=O) groups excluding carboxylic acids is 1. The number of nitrogens with one attached hydrogen (secondary N) is 2. The molecule has 0 fully saturated rings. The van der Waals surface area contributed by atoms with Crippen molar-refractivity contribution in [2.45, 2.75) is 6.92 Å². The maximum absolute atomic E-state index is 10.7. The summed E-state index contributed by atoms with van der Waals surface area (Å²) in [6.07, 6.45) is 1.66. The first kappa shape index (κ1) is 11.4. The minimum Gasteiger partial charge on any atom is -0.387 e. The monoisotopic (exact) mass is 210 g/mol. The van der Waals surface area contributed by atoms with Gasteiger partial charge in [-0.2, -0.15) is 0 Å². The van der Waals surface area contributed by atoms with E-state index in [0.29, 0.717) is 19.0 Å². The van der Waals surface area contributed by atoms with Crippen molar-refractivity contribution < 1.29 is 9.90 Å². The van der Waals surface area contributed by atoms with E-state index in [1.165, 1.54) is 0 Å². The molecule has 3 N–H and O–H groups in total. The highest BCUT2D eigenvalue weighted by Crippen LogP contribution is 1.97. The summed E-state index contributed by atoms with van der Waals surface area (Å²) >= 11 is 0. The first-order valence-electron chi connectivity index (χ1n) is 4.63. The van der Waals surface area contributed by atoms with Crippen LogP contribution in [0.1, 0.15) is 5.69 Å². The van der Waals surface area contributed by atoms with E-state index in [0.717, 1.165) is 5.69 Å². The average molecular weight is 210 g/mol. The normalized spacial score (nSPS) is 9.73. The third-order valence-electron chi connectivity index (χ3n) is 1.67. The molecule has 0 atom stereocenters. The Morgan fingerprint density at radius 1 is 1.53 bits per heavy atom. The second kappa shape index (κ2) is 5.92. The lowest BCUT2D eigenvalue weighted by Crippen LogP contribution is -2.31. The fourth-order valence-corrected chi connectivity index (χ4v) is 0.966. The summed E-state index contributed by atoms with van der Waals surface area (Å²) in [5.41, 5.74) is 0.881. The van der Waals surface area contributed by atoms with Crippen molar-refractivity contribution in [2.24, 2.45) is 0 Å². The van der Waals surface area contributed by atoms with Gasteiger partial charge in [-0.3, -0.25) is 4.79 Å². The number of aliphatic hydroxyl groups excluding tert-OH is 1. The molecule has 0 spiro atoms. The number of amides is 1. The highest BCUT2D eigenvalue weighted by molar-refractivity contribution is 5.76. The molecule has 6 nitrogen and oxygen atoms in total. The molecule has 0 saturated heterocycles. The summed E-state index contributed by atoms with van der Waals surface area (Å²) in [5, 5.41) is 13.9. The SMILES string of the molecule is Cc1ccnc(NCCNC(=O)CO)n1. The maximum atomic E-state index is 10.7. The second-order valence-electron chi connectivity index (χ2n) is 2.96. The summed E-state index contributed by atoms with van der Waals surface area (Å²) in [6.45, 7) is 2.34. The van der Waals surface area contributed by atoms with Gasteiger partial charge in [-0.25, -0.2) is 9.97 Å². The lowest BCUT2D eigenvalue weighted by atomic mass is 10.5. The Morgan fingerprint density at radius 2 is 2.33 bits per heavy atom. The van der Waals surface area contributed by atoms with Gasteiger partial charge in [-0.15, -0.1) is 0 Å². The first-order valence-corrected chi connectivity index (χ1v) is 4.63. The van der Waals surface area contributed by atoms with E-state index in [4.69, 9.17) is 5.11 Å². The maximum Gasteiger partial charge on any atom is 0.245 e. The molecule has 0 aliphatic carbocycles. The molecule has 1 aromatic heterocycles. The fraction of sp³-hybridized carbons (Fsp3) is 0.444. The molecule has 0 unspecified atom stereocenters. The van der Waals surface area contributed by atoms with E-state index in [9.17, 15) is 4.79 Å². The van der Waals surface area contributed by atoms with Crippen molar-refractivity contribution >= 4 is 11.9 Å². The van der Waals surface area contributed by atoms with Crippen molar-refractivity contribution in [3.63, 3.8) is 0 Å². The van der Waals surface area contributed by atoms with E-state index >= 15 is 0 Å². The molecule has 0 radical (unpaired) electrons. The van der Waals surface area contributed by atoms with Crippen LogP contribution in [-0.2, 0) is 4.79 Å². The molecule has 1 rings (SSSR count). The zero-order valence-electron chi connectivity index (χ0n) is 8.53. The van der Waals surface area contributed by atoms with Crippen LogP contribution < -0.4 is 10.6 Å². The lowest BCUT2D eigenvalue weighted by Gasteiger charge is -2.05. The summed E-state index contributed by atoms with van der Waals surface area (Å²) in [5.74, 6) is 0.148. The molecule has 0 bridgehead atoms. The number of nitrogens with zero attached hydrogens (tertiary/aromatic N) is 2. The Bertz CT molecular complexity index is 330. The highest BCUT2D eigenvalue weighted by atomic mass is 16.3. The Morgan fingerprint density at radius 3 is 3.00 bits per heavy atom. The van der Waals surface area contributed by atoms with Gasteiger partial charge in [0.15, 0.2) is 0 Å². The number of hydrogen-bond donors (Lipinski definition) is 3. The van der Waals surface area contributed by atoms with E-state index in [1.54, 1.807) is 12.3 Å². The second-order valence-corrected chi connectivity index (χ2v) is 2.96. The van der Waals surface area contributed by atoms with Crippen LogP contribution in [0.25, 0.3) is 0 Å². The molecule has 1 amide bonds. The van der Waals surface area contributed by atoms with Crippen molar-refractivity contribution in [3.05, 3.63) is 18.0 Å². The number of rotatable bonds is 5. The van der Waals surface area contributed by atoms with E-state index < -0.39 is 6.61 Å². The lowest BCUT2D eigenvalue weighted by molar-refractivity contribution is -0.123. The van der Waals surface area contributed by atoms with Crippen LogP contribution in [0.3, 0.4) is 0 Å². The van der Waals surface area contributed by atoms with Gasteiger partial charge >= 0.3 is 0 Å². The van der Waals surface area contributed by atoms with Crippen LogP contribution in [0.5, 0.6) is 0 Å². The van der Waals surface area contributed by atoms with Crippen LogP contribution >= 0.6 is 0 Å². The molecule has 6 heteroatoms. The predicted octanol–water partition coefficient (Wildman–Crippen LogP) is -0.695. The molecule has 0 aromatic carbocycles. The van der Waals surface area contributed by atoms with Gasteiger partial charge in [-0.05, 0) is 13.0 Å². The Labute approximate surface area is 87.8 Å². The summed E-state index contributed by atoms with van der Waals surface area (Å²) < 4.78 is 0. The van der Waals surface area contributed by atoms with Crippen molar-refractivity contribution in [3.8, 4) is 0 Å². The standard InChI is InChI=1S/C9H14N4O2/c1-7-2-3-11-9(13-7)12-5-4-10-8(15)6-14/h2-3,14H,4-6H2,1H3,(H,10,15)(H,11,12,13). The van der Waals surface area contributed by atoms with Crippen molar-refractivity contribution in [1.82, 2.24) is 15.3 Å². The van der Waals surface area contributed by atoms with Crippen LogP contribution in [0.2, 0.25) is 0 Å². The summed E-state index contributed by atoms with van der Waals surface area (Å²) in [6, 6.07) is 1.80. The highest BCUT2D eigenvalue weighted by Gasteiger charge is 1.97. The third-order valence-corrected chi connectivity index (χ3v) is 1.67. The third kappa shape index (κ3) is 4.37. The van der Waals surface area contributed by atoms with Crippen LogP contribution in [0.15, 0.2) is 12.3 Å². The molecular weight excluding hydrogens is 196 g/mol. The Kier molecular flexibility index (Phi) is 4.49. The van der Waals surface area contributed by atoms with Gasteiger partial charge in [-0.1, -0.05) is 0 Å². The van der Waals surface area contributed by atoms with Gasteiger partial charge in [0.25, 0.3) is 0 Å².